The third-order valence-corrected chi connectivity index (χ3v) is 7.22. The Hall–Kier alpha value is -4.00. The fourth-order valence-electron chi connectivity index (χ4n) is 4.73. The Kier molecular flexibility index (Phi) is 5.63. The summed E-state index contributed by atoms with van der Waals surface area (Å²) in [6, 6.07) is 14.8. The van der Waals surface area contributed by atoms with Gasteiger partial charge in [-0.1, -0.05) is 73.7 Å². The first-order valence-electron chi connectivity index (χ1n) is 11.7. The number of nitrogens with one attached hydrogen (secondary N) is 1. The van der Waals surface area contributed by atoms with Gasteiger partial charge in [-0.3, -0.25) is 9.59 Å². The molecule has 7 heteroatoms. The van der Waals surface area contributed by atoms with Gasteiger partial charge in [0.1, 0.15) is 0 Å². The summed E-state index contributed by atoms with van der Waals surface area (Å²) in [5.74, 6) is -1.72. The number of hydrogen-bond donors (Lipinski definition) is 2. The number of allylic oxidation sites excluding steroid dienone is 3. The average Bonchev–Trinajstić information content (AvgIpc) is 3.64. The molecule has 1 amide bonds. The molecule has 1 heterocycles. The van der Waals surface area contributed by atoms with Crippen molar-refractivity contribution in [3.05, 3.63) is 90.4 Å². The summed E-state index contributed by atoms with van der Waals surface area (Å²) >= 11 is 0. The number of anilines is 1. The van der Waals surface area contributed by atoms with Gasteiger partial charge in [-0.2, -0.15) is 5.10 Å². The van der Waals surface area contributed by atoms with Crippen molar-refractivity contribution in [3.63, 3.8) is 0 Å². The van der Waals surface area contributed by atoms with E-state index in [0.29, 0.717) is 31.4 Å². The highest BCUT2D eigenvalue weighted by Crippen LogP contribution is 2.48. The number of para-hydroxylation sites is 1. The third kappa shape index (κ3) is 3.87. The van der Waals surface area contributed by atoms with Crippen LogP contribution in [0, 0.1) is 11.2 Å². The zero-order valence-corrected chi connectivity index (χ0v) is 19.4. The fourth-order valence-corrected chi connectivity index (χ4v) is 4.73. The van der Waals surface area contributed by atoms with Gasteiger partial charge in [-0.25, -0.2) is 9.07 Å². The fraction of sp³-hybridized carbons (Fsp3) is 0.250. The molecule has 0 spiro atoms. The summed E-state index contributed by atoms with van der Waals surface area (Å²) in [6.07, 6.45) is 11.0. The summed E-state index contributed by atoms with van der Waals surface area (Å²) in [7, 11) is 0. The van der Waals surface area contributed by atoms with E-state index in [1.165, 1.54) is 4.68 Å². The van der Waals surface area contributed by atoms with E-state index in [9.17, 15) is 19.1 Å². The maximum Gasteiger partial charge on any atom is 0.314 e. The number of carbonyl (C=O) groups is 2. The third-order valence-electron chi connectivity index (χ3n) is 7.22. The summed E-state index contributed by atoms with van der Waals surface area (Å²) in [5.41, 5.74) is 1.48. The number of rotatable bonds is 7. The van der Waals surface area contributed by atoms with Crippen molar-refractivity contribution in [2.24, 2.45) is 5.41 Å². The number of halogens is 1. The Bertz CT molecular complexity index is 1350. The molecule has 2 N–H and O–H groups in total. The average molecular weight is 472 g/mol. The molecule has 1 unspecified atom stereocenters. The van der Waals surface area contributed by atoms with Crippen LogP contribution in [0.15, 0.2) is 79.0 Å². The number of benzene rings is 2. The van der Waals surface area contributed by atoms with Crippen molar-refractivity contribution in [3.8, 4) is 16.8 Å². The first-order valence-corrected chi connectivity index (χ1v) is 11.7. The Balaban J connectivity index is 1.49. The molecule has 1 fully saturated rings. The molecule has 1 saturated carbocycles. The predicted octanol–water partition coefficient (Wildman–Crippen LogP) is 5.65. The lowest BCUT2D eigenvalue weighted by Crippen LogP contribution is -2.35. The SMILES string of the molecule is CCC1(C(=O)Nc2c(F)cnn2-c2ccccc2-c2ccc(C3(C(=O)O)CC3)cc2)C=CC=CC1. The predicted molar refractivity (Wildman–Crippen MR) is 132 cm³/mol. The van der Waals surface area contributed by atoms with E-state index >= 15 is 0 Å². The van der Waals surface area contributed by atoms with Gasteiger partial charge in [0.15, 0.2) is 11.6 Å². The zero-order chi connectivity index (χ0) is 24.6. The van der Waals surface area contributed by atoms with Crippen molar-refractivity contribution in [1.82, 2.24) is 9.78 Å². The van der Waals surface area contributed by atoms with E-state index in [0.717, 1.165) is 22.9 Å². The lowest BCUT2D eigenvalue weighted by atomic mass is 9.78. The molecule has 6 nitrogen and oxygen atoms in total. The summed E-state index contributed by atoms with van der Waals surface area (Å²) in [4.78, 5) is 24.9. The van der Waals surface area contributed by atoms with Crippen LogP contribution >= 0.6 is 0 Å². The van der Waals surface area contributed by atoms with Crippen molar-refractivity contribution in [1.29, 1.82) is 0 Å². The number of carboxylic acid groups (broad SMARTS) is 1. The molecular formula is C28H26FN3O3. The number of hydrogen-bond acceptors (Lipinski definition) is 3. The van der Waals surface area contributed by atoms with Crippen LogP contribution in [0.5, 0.6) is 0 Å². The Morgan fingerprint density at radius 3 is 2.49 bits per heavy atom. The highest BCUT2D eigenvalue weighted by Gasteiger charge is 2.51. The molecule has 0 bridgehead atoms. The molecule has 2 aliphatic carbocycles. The van der Waals surface area contributed by atoms with E-state index in [1.54, 1.807) is 0 Å². The van der Waals surface area contributed by atoms with E-state index in [4.69, 9.17) is 0 Å². The first kappa shape index (κ1) is 22.8. The molecule has 1 atom stereocenters. The van der Waals surface area contributed by atoms with Crippen LogP contribution in [0.2, 0.25) is 0 Å². The lowest BCUT2D eigenvalue weighted by Gasteiger charge is -2.28. The zero-order valence-electron chi connectivity index (χ0n) is 19.4. The maximum absolute atomic E-state index is 14.9. The van der Waals surface area contributed by atoms with Crippen LogP contribution < -0.4 is 5.32 Å². The summed E-state index contributed by atoms with van der Waals surface area (Å²) in [6.45, 7) is 1.94. The highest BCUT2D eigenvalue weighted by molar-refractivity contribution is 5.97. The number of carbonyl (C=O) groups excluding carboxylic acids is 1. The van der Waals surface area contributed by atoms with Gasteiger partial charge >= 0.3 is 5.97 Å². The molecule has 0 radical (unpaired) electrons. The minimum absolute atomic E-state index is 0.0161. The maximum atomic E-state index is 14.9. The topological polar surface area (TPSA) is 84.2 Å². The summed E-state index contributed by atoms with van der Waals surface area (Å²) in [5, 5.41) is 16.6. The van der Waals surface area contributed by atoms with Crippen LogP contribution in [-0.4, -0.2) is 26.8 Å². The first-order chi connectivity index (χ1) is 16.9. The van der Waals surface area contributed by atoms with Crippen LogP contribution in [0.25, 0.3) is 16.8 Å². The van der Waals surface area contributed by atoms with Crippen molar-refractivity contribution < 1.29 is 19.1 Å². The largest absolute Gasteiger partial charge is 0.481 e. The van der Waals surface area contributed by atoms with E-state index in [2.05, 4.69) is 10.4 Å². The highest BCUT2D eigenvalue weighted by atomic mass is 19.1. The monoisotopic (exact) mass is 471 g/mol. The Labute approximate surface area is 202 Å². The number of amides is 1. The van der Waals surface area contributed by atoms with Crippen LogP contribution in [0.4, 0.5) is 10.2 Å². The van der Waals surface area contributed by atoms with Crippen LogP contribution in [-0.2, 0) is 15.0 Å². The second kappa shape index (κ2) is 8.65. The van der Waals surface area contributed by atoms with Gasteiger partial charge in [0.05, 0.1) is 22.7 Å². The van der Waals surface area contributed by atoms with Gasteiger partial charge < -0.3 is 10.4 Å². The van der Waals surface area contributed by atoms with Gasteiger partial charge in [-0.05, 0) is 42.9 Å². The molecule has 178 valence electrons. The molecule has 1 aromatic heterocycles. The molecule has 2 aliphatic rings. The lowest BCUT2D eigenvalue weighted by molar-refractivity contribution is -0.140. The Morgan fingerprint density at radius 1 is 1.11 bits per heavy atom. The Morgan fingerprint density at radius 2 is 1.86 bits per heavy atom. The number of aromatic nitrogens is 2. The number of aliphatic carboxylic acids is 1. The van der Waals surface area contributed by atoms with Gasteiger partial charge in [0.25, 0.3) is 0 Å². The van der Waals surface area contributed by atoms with Gasteiger partial charge in [-0.15, -0.1) is 0 Å². The molecular weight excluding hydrogens is 445 g/mol. The second-order valence-corrected chi connectivity index (χ2v) is 9.19. The van der Waals surface area contributed by atoms with E-state index < -0.39 is 22.6 Å². The minimum Gasteiger partial charge on any atom is -0.481 e. The molecule has 35 heavy (non-hydrogen) atoms. The number of carboxylic acids is 1. The normalized spacial score (nSPS) is 19.9. The van der Waals surface area contributed by atoms with Gasteiger partial charge in [0.2, 0.25) is 5.91 Å². The van der Waals surface area contributed by atoms with E-state index in [1.807, 2.05) is 79.8 Å². The summed E-state index contributed by atoms with van der Waals surface area (Å²) < 4.78 is 16.3. The van der Waals surface area contributed by atoms with Crippen LogP contribution in [0.3, 0.4) is 0 Å². The van der Waals surface area contributed by atoms with Crippen molar-refractivity contribution in [2.75, 3.05) is 5.32 Å². The molecule has 5 rings (SSSR count). The van der Waals surface area contributed by atoms with E-state index in [-0.39, 0.29) is 11.7 Å². The van der Waals surface area contributed by atoms with Gasteiger partial charge in [0, 0.05) is 5.56 Å². The molecule has 0 aliphatic heterocycles. The second-order valence-electron chi connectivity index (χ2n) is 9.19. The van der Waals surface area contributed by atoms with Crippen LogP contribution in [0.1, 0.15) is 38.2 Å². The quantitative estimate of drug-likeness (QED) is 0.467. The molecule has 2 aromatic carbocycles. The molecule has 3 aromatic rings. The number of nitrogens with zero attached hydrogens (tertiary/aromatic N) is 2. The minimum atomic E-state index is -0.800. The van der Waals surface area contributed by atoms with Crippen molar-refractivity contribution in [2.45, 2.75) is 38.0 Å². The standard InChI is InChI=1S/C28H26FN3O3/c1-2-27(14-6-3-7-15-27)25(33)31-24-22(29)18-30-32(24)23-9-5-4-8-21(23)19-10-12-20(13-11-19)28(16-17-28)26(34)35/h3-14,18H,2,15-17H2,1H3,(H,31,33)(H,34,35). The smallest absolute Gasteiger partial charge is 0.314 e. The molecule has 0 saturated heterocycles. The van der Waals surface area contributed by atoms with Crippen molar-refractivity contribution >= 4 is 17.7 Å².